The Bertz CT molecular complexity index is 229. The van der Waals surface area contributed by atoms with Gasteiger partial charge in [-0.3, -0.25) is 4.90 Å². The molecule has 0 N–H and O–H groups in total. The van der Waals surface area contributed by atoms with Gasteiger partial charge in [-0.1, -0.05) is 13.8 Å². The second-order valence-electron chi connectivity index (χ2n) is 5.58. The van der Waals surface area contributed by atoms with E-state index in [4.69, 9.17) is 0 Å². The summed E-state index contributed by atoms with van der Waals surface area (Å²) in [4.78, 5) is 5.39. The predicted octanol–water partition coefficient (Wildman–Crippen LogP) is 2.07. The third-order valence-corrected chi connectivity index (χ3v) is 5.18. The Morgan fingerprint density at radius 3 is 2.41 bits per heavy atom. The molecule has 3 nitrogen and oxygen atoms in total. The topological polar surface area (TPSA) is 9.72 Å². The van der Waals surface area contributed by atoms with E-state index in [1.165, 1.54) is 58.7 Å². The minimum atomic E-state index is 0.841. The van der Waals surface area contributed by atoms with Crippen LogP contribution in [0, 0.1) is 5.92 Å². The van der Waals surface area contributed by atoms with Crippen LogP contribution in [0.3, 0.4) is 0 Å². The number of hydrogen-bond donors (Lipinski definition) is 0. The molecule has 0 spiro atoms. The van der Waals surface area contributed by atoms with Crippen molar-refractivity contribution < 1.29 is 0 Å². The first kappa shape index (κ1) is 14.0. The highest BCUT2D eigenvalue weighted by atomic mass is 127. The monoisotopic (exact) mass is 351 g/mol. The molecule has 17 heavy (non-hydrogen) atoms. The molecule has 2 heterocycles. The lowest BCUT2D eigenvalue weighted by atomic mass is 9.92. The zero-order valence-electron chi connectivity index (χ0n) is 11.2. The average Bonchev–Trinajstić information content (AvgIpc) is 2.31. The van der Waals surface area contributed by atoms with Gasteiger partial charge in [-0.15, -0.1) is 0 Å². The molecule has 2 aliphatic heterocycles. The molecule has 0 bridgehead atoms. The Balaban J connectivity index is 1.82. The third-order valence-electron chi connectivity index (χ3n) is 4.21. The molecule has 0 aromatic carbocycles. The van der Waals surface area contributed by atoms with Crippen LogP contribution in [0.25, 0.3) is 0 Å². The molecule has 2 fully saturated rings. The van der Waals surface area contributed by atoms with Crippen LogP contribution in [0.2, 0.25) is 0 Å². The Morgan fingerprint density at radius 2 is 1.82 bits per heavy atom. The second kappa shape index (κ2) is 6.68. The van der Waals surface area contributed by atoms with E-state index in [0.29, 0.717) is 0 Å². The van der Waals surface area contributed by atoms with E-state index in [-0.39, 0.29) is 0 Å². The highest BCUT2D eigenvalue weighted by Gasteiger charge is 2.31. The van der Waals surface area contributed by atoms with Crippen molar-refractivity contribution in [1.82, 2.24) is 12.9 Å². The van der Waals surface area contributed by atoms with Crippen molar-refractivity contribution in [2.24, 2.45) is 5.92 Å². The van der Waals surface area contributed by atoms with Crippen molar-refractivity contribution in [2.45, 2.75) is 32.7 Å². The molecular weight excluding hydrogens is 325 g/mol. The van der Waals surface area contributed by atoms with Crippen molar-refractivity contribution in [1.29, 1.82) is 0 Å². The fraction of sp³-hybridized carbons (Fsp3) is 1.00. The van der Waals surface area contributed by atoms with E-state index in [0.717, 1.165) is 12.0 Å². The highest BCUT2D eigenvalue weighted by Crippen LogP contribution is 2.23. The van der Waals surface area contributed by atoms with Gasteiger partial charge in [-0.25, -0.2) is 3.11 Å². The first-order valence-electron chi connectivity index (χ1n) is 7.08. The van der Waals surface area contributed by atoms with Crippen molar-refractivity contribution in [2.75, 3.05) is 45.8 Å². The van der Waals surface area contributed by atoms with E-state index >= 15 is 0 Å². The first-order valence-corrected chi connectivity index (χ1v) is 8.04. The summed E-state index contributed by atoms with van der Waals surface area (Å²) in [5, 5.41) is 0. The summed E-state index contributed by atoms with van der Waals surface area (Å²) in [6.07, 6.45) is 2.67. The normalized spacial score (nSPS) is 34.1. The predicted molar refractivity (Wildman–Crippen MR) is 81.5 cm³/mol. The summed E-state index contributed by atoms with van der Waals surface area (Å²) in [5.74, 6) is 0.844. The smallest absolute Gasteiger partial charge is 0.0209 e. The lowest BCUT2D eigenvalue weighted by Gasteiger charge is -2.45. The van der Waals surface area contributed by atoms with Crippen molar-refractivity contribution in [3.63, 3.8) is 0 Å². The third kappa shape index (κ3) is 3.78. The average molecular weight is 351 g/mol. The maximum Gasteiger partial charge on any atom is 0.0209 e. The number of piperidine rings is 1. The highest BCUT2D eigenvalue weighted by molar-refractivity contribution is 14.1. The van der Waals surface area contributed by atoms with Gasteiger partial charge < -0.3 is 4.90 Å². The summed E-state index contributed by atoms with van der Waals surface area (Å²) >= 11 is 2.46. The van der Waals surface area contributed by atoms with E-state index in [1.54, 1.807) is 0 Å². The summed E-state index contributed by atoms with van der Waals surface area (Å²) in [6.45, 7) is 13.7. The van der Waals surface area contributed by atoms with E-state index in [2.05, 4.69) is 49.6 Å². The molecule has 0 aromatic rings. The summed E-state index contributed by atoms with van der Waals surface area (Å²) < 4.78 is 2.42. The molecule has 1 unspecified atom stereocenters. The minimum absolute atomic E-state index is 0.841. The second-order valence-corrected chi connectivity index (χ2v) is 6.94. The van der Waals surface area contributed by atoms with Crippen molar-refractivity contribution in [3.8, 4) is 0 Å². The summed E-state index contributed by atoms with van der Waals surface area (Å²) in [5.41, 5.74) is 0. The van der Waals surface area contributed by atoms with Crippen LogP contribution in [0.5, 0.6) is 0 Å². The summed E-state index contributed by atoms with van der Waals surface area (Å²) in [6, 6.07) is 0.841. The number of hydrogen-bond acceptors (Lipinski definition) is 3. The van der Waals surface area contributed by atoms with E-state index in [1.807, 2.05) is 0 Å². The maximum atomic E-state index is 2.74. The van der Waals surface area contributed by atoms with E-state index < -0.39 is 0 Å². The number of halogens is 1. The number of rotatable bonds is 3. The zero-order chi connectivity index (χ0) is 12.3. The van der Waals surface area contributed by atoms with E-state index in [9.17, 15) is 0 Å². The van der Waals surface area contributed by atoms with Gasteiger partial charge in [0.1, 0.15) is 0 Å². The lowest BCUT2D eigenvalue weighted by molar-refractivity contribution is 0.0480. The Labute approximate surface area is 120 Å². The first-order chi connectivity index (χ1) is 8.20. The Hall–Kier alpha value is 0.610. The standard InChI is InChI=1S/C13H26IN3/c1-3-5-15-6-4-13(12(2)11-15)16-7-9-17(14)10-8-16/h12-13H,3-11H2,1-2H3/t12-,13?/m1/s1. The van der Waals surface area contributed by atoms with Crippen molar-refractivity contribution in [3.05, 3.63) is 0 Å². The molecule has 0 amide bonds. The number of piperazine rings is 1. The molecule has 4 heteroatoms. The van der Waals surface area contributed by atoms with Crippen LogP contribution in [0.15, 0.2) is 0 Å². The maximum absolute atomic E-state index is 2.74. The van der Waals surface area contributed by atoms with Crippen LogP contribution >= 0.6 is 22.9 Å². The Kier molecular flexibility index (Phi) is 5.51. The van der Waals surface area contributed by atoms with Crippen LogP contribution in [-0.2, 0) is 0 Å². The summed E-state index contributed by atoms with van der Waals surface area (Å²) in [7, 11) is 0. The van der Waals surface area contributed by atoms with Gasteiger partial charge in [0.25, 0.3) is 0 Å². The molecule has 0 aromatic heterocycles. The fourth-order valence-corrected chi connectivity index (χ4v) is 3.74. The number of nitrogens with zero attached hydrogens (tertiary/aromatic N) is 3. The Morgan fingerprint density at radius 1 is 1.12 bits per heavy atom. The molecule has 2 atom stereocenters. The lowest BCUT2D eigenvalue weighted by Crippen LogP contribution is -2.54. The van der Waals surface area contributed by atoms with Crippen molar-refractivity contribution >= 4 is 22.9 Å². The van der Waals surface area contributed by atoms with Crippen LogP contribution in [0.1, 0.15) is 26.7 Å². The fourth-order valence-electron chi connectivity index (χ4n) is 3.31. The minimum Gasteiger partial charge on any atom is -0.303 e. The van der Waals surface area contributed by atoms with Crippen LogP contribution < -0.4 is 0 Å². The van der Waals surface area contributed by atoms with Gasteiger partial charge in [0.05, 0.1) is 0 Å². The molecule has 2 aliphatic rings. The molecular formula is C13H26IN3. The molecule has 0 radical (unpaired) electrons. The molecule has 100 valence electrons. The molecule has 0 saturated carbocycles. The van der Waals surface area contributed by atoms with Gasteiger partial charge in [-0.2, -0.15) is 0 Å². The van der Waals surface area contributed by atoms with Gasteiger partial charge in [-0.05, 0) is 31.8 Å². The molecule has 2 rings (SSSR count). The molecule has 2 saturated heterocycles. The van der Waals surface area contributed by atoms with Gasteiger partial charge in [0.15, 0.2) is 0 Å². The SMILES string of the molecule is CCCN1CCC(N2CCN(I)CC2)[C@H](C)C1. The largest absolute Gasteiger partial charge is 0.303 e. The molecule has 0 aliphatic carbocycles. The van der Waals surface area contributed by atoms with Crippen LogP contribution in [0.4, 0.5) is 0 Å². The zero-order valence-corrected chi connectivity index (χ0v) is 13.4. The van der Waals surface area contributed by atoms with Gasteiger partial charge in [0.2, 0.25) is 0 Å². The quantitative estimate of drug-likeness (QED) is 0.569. The van der Waals surface area contributed by atoms with Gasteiger partial charge >= 0.3 is 0 Å². The number of likely N-dealkylation sites (tertiary alicyclic amines) is 1. The van der Waals surface area contributed by atoms with Gasteiger partial charge in [0, 0.05) is 61.6 Å². The van der Waals surface area contributed by atoms with Crippen LogP contribution in [-0.4, -0.2) is 64.8 Å².